The maximum atomic E-state index is 3.78. The van der Waals surface area contributed by atoms with Gasteiger partial charge in [0.15, 0.2) is 0 Å². The number of likely N-dealkylation sites (N-methyl/N-ethyl adjacent to an activating group) is 1. The van der Waals surface area contributed by atoms with E-state index < -0.39 is 0 Å². The van der Waals surface area contributed by atoms with Gasteiger partial charge in [-0.1, -0.05) is 6.08 Å². The lowest BCUT2D eigenvalue weighted by molar-refractivity contribution is 0.360. The van der Waals surface area contributed by atoms with Gasteiger partial charge in [0.05, 0.1) is 0 Å². The average molecular weight is 208 g/mol. The zero-order chi connectivity index (χ0) is 11.7. The van der Waals surface area contributed by atoms with Gasteiger partial charge in [-0.25, -0.2) is 0 Å². The van der Waals surface area contributed by atoms with Crippen molar-refractivity contribution in [3.05, 3.63) is 30.5 Å². The van der Waals surface area contributed by atoms with Crippen LogP contribution < -0.4 is 0 Å². The SMILES string of the molecule is C=CCC(C=C=CCN(C)C)CN(C)C. The fourth-order valence-electron chi connectivity index (χ4n) is 1.32. The van der Waals surface area contributed by atoms with E-state index in [-0.39, 0.29) is 0 Å². The zero-order valence-corrected chi connectivity index (χ0v) is 10.5. The van der Waals surface area contributed by atoms with Crippen LogP contribution in [0.1, 0.15) is 6.42 Å². The van der Waals surface area contributed by atoms with Gasteiger partial charge in [-0.3, -0.25) is 0 Å². The van der Waals surface area contributed by atoms with Crippen LogP contribution in [0.2, 0.25) is 0 Å². The van der Waals surface area contributed by atoms with Gasteiger partial charge in [0.2, 0.25) is 0 Å². The standard InChI is InChI=1S/C13H24N2/c1-6-9-13(12-15(4)5)10-7-8-11-14(2)3/h6,8,10,13H,1,9,11-12H2,2-5H3. The molecule has 0 radical (unpaired) electrons. The van der Waals surface area contributed by atoms with E-state index in [0.29, 0.717) is 5.92 Å². The van der Waals surface area contributed by atoms with Gasteiger partial charge in [-0.15, -0.1) is 12.3 Å². The second-order valence-electron chi connectivity index (χ2n) is 4.35. The van der Waals surface area contributed by atoms with E-state index in [9.17, 15) is 0 Å². The van der Waals surface area contributed by atoms with Crippen LogP contribution in [0.4, 0.5) is 0 Å². The second kappa shape index (κ2) is 8.49. The molecule has 0 aliphatic rings. The summed E-state index contributed by atoms with van der Waals surface area (Å²) >= 11 is 0. The summed E-state index contributed by atoms with van der Waals surface area (Å²) < 4.78 is 0. The summed E-state index contributed by atoms with van der Waals surface area (Å²) in [7, 11) is 8.29. The Labute approximate surface area is 94.6 Å². The maximum Gasteiger partial charge on any atom is 0.0232 e. The van der Waals surface area contributed by atoms with Gasteiger partial charge in [-0.05, 0) is 46.8 Å². The highest BCUT2D eigenvalue weighted by Gasteiger charge is 2.02. The van der Waals surface area contributed by atoms with Gasteiger partial charge < -0.3 is 9.80 Å². The molecule has 2 heteroatoms. The summed E-state index contributed by atoms with van der Waals surface area (Å²) in [6, 6.07) is 0. The molecule has 0 rings (SSSR count). The first-order valence-corrected chi connectivity index (χ1v) is 5.37. The first kappa shape index (κ1) is 14.2. The first-order valence-electron chi connectivity index (χ1n) is 5.37. The molecule has 0 aromatic rings. The average Bonchev–Trinajstić information content (AvgIpc) is 2.11. The lowest BCUT2D eigenvalue weighted by Crippen LogP contribution is -2.19. The van der Waals surface area contributed by atoms with Gasteiger partial charge in [0.25, 0.3) is 0 Å². The Morgan fingerprint density at radius 3 is 2.33 bits per heavy atom. The largest absolute Gasteiger partial charge is 0.309 e. The molecule has 0 N–H and O–H groups in total. The summed E-state index contributed by atoms with van der Waals surface area (Å²) in [5.74, 6) is 0.524. The third kappa shape index (κ3) is 9.48. The molecule has 0 aliphatic carbocycles. The lowest BCUT2D eigenvalue weighted by atomic mass is 10.1. The van der Waals surface area contributed by atoms with E-state index in [1.54, 1.807) is 0 Å². The predicted molar refractivity (Wildman–Crippen MR) is 68.1 cm³/mol. The molecule has 0 heterocycles. The molecule has 0 saturated carbocycles. The van der Waals surface area contributed by atoms with Gasteiger partial charge in [-0.2, -0.15) is 0 Å². The smallest absolute Gasteiger partial charge is 0.0232 e. The van der Waals surface area contributed by atoms with Crippen molar-refractivity contribution in [2.24, 2.45) is 5.92 Å². The summed E-state index contributed by atoms with van der Waals surface area (Å²) in [4.78, 5) is 4.31. The number of hydrogen-bond donors (Lipinski definition) is 0. The van der Waals surface area contributed by atoms with Gasteiger partial charge in [0.1, 0.15) is 0 Å². The molecule has 15 heavy (non-hydrogen) atoms. The summed E-state index contributed by atoms with van der Waals surface area (Å²) in [6.45, 7) is 5.77. The van der Waals surface area contributed by atoms with Crippen molar-refractivity contribution >= 4 is 0 Å². The summed E-state index contributed by atoms with van der Waals surface area (Å²) in [6.07, 6.45) is 7.19. The van der Waals surface area contributed by atoms with E-state index in [0.717, 1.165) is 19.5 Å². The molecule has 0 aromatic carbocycles. The van der Waals surface area contributed by atoms with Crippen LogP contribution in [0.3, 0.4) is 0 Å². The zero-order valence-electron chi connectivity index (χ0n) is 10.5. The number of allylic oxidation sites excluding steroid dienone is 1. The fourth-order valence-corrected chi connectivity index (χ4v) is 1.32. The Kier molecular flexibility index (Phi) is 8.02. The van der Waals surface area contributed by atoms with Crippen molar-refractivity contribution in [2.75, 3.05) is 41.3 Å². The monoisotopic (exact) mass is 208 g/mol. The molecule has 0 amide bonds. The molecular formula is C13H24N2. The Balaban J connectivity index is 4.13. The van der Waals surface area contributed by atoms with Gasteiger partial charge >= 0.3 is 0 Å². The Morgan fingerprint density at radius 1 is 1.20 bits per heavy atom. The first-order chi connectivity index (χ1) is 7.06. The number of hydrogen-bond acceptors (Lipinski definition) is 2. The van der Waals surface area contributed by atoms with Crippen LogP contribution in [0.15, 0.2) is 30.5 Å². The normalized spacial score (nSPS) is 12.4. The van der Waals surface area contributed by atoms with Crippen molar-refractivity contribution in [2.45, 2.75) is 6.42 Å². The van der Waals surface area contributed by atoms with E-state index in [1.807, 2.05) is 6.08 Å². The van der Waals surface area contributed by atoms with E-state index >= 15 is 0 Å². The third-order valence-electron chi connectivity index (χ3n) is 1.98. The molecule has 1 unspecified atom stereocenters. The lowest BCUT2D eigenvalue weighted by Gasteiger charge is -2.15. The molecule has 0 aromatic heterocycles. The minimum Gasteiger partial charge on any atom is -0.309 e. The predicted octanol–water partition coefficient (Wildman–Crippen LogP) is 2.01. The Bertz CT molecular complexity index is 223. The van der Waals surface area contributed by atoms with Crippen molar-refractivity contribution in [3.8, 4) is 0 Å². The maximum absolute atomic E-state index is 3.78. The molecular weight excluding hydrogens is 184 g/mol. The highest BCUT2D eigenvalue weighted by Crippen LogP contribution is 2.06. The van der Waals surface area contributed by atoms with E-state index in [2.05, 4.69) is 62.5 Å². The molecule has 86 valence electrons. The fraction of sp³-hybridized carbons (Fsp3) is 0.615. The van der Waals surface area contributed by atoms with Crippen molar-refractivity contribution in [1.29, 1.82) is 0 Å². The molecule has 2 nitrogen and oxygen atoms in total. The van der Waals surface area contributed by atoms with Crippen molar-refractivity contribution in [1.82, 2.24) is 9.80 Å². The van der Waals surface area contributed by atoms with Crippen LogP contribution in [0.5, 0.6) is 0 Å². The number of nitrogens with zero attached hydrogens (tertiary/aromatic N) is 2. The van der Waals surface area contributed by atoms with E-state index in [4.69, 9.17) is 0 Å². The van der Waals surface area contributed by atoms with Crippen molar-refractivity contribution in [3.63, 3.8) is 0 Å². The minimum atomic E-state index is 0.524. The van der Waals surface area contributed by atoms with Crippen LogP contribution in [-0.4, -0.2) is 51.1 Å². The molecule has 1 atom stereocenters. The third-order valence-corrected chi connectivity index (χ3v) is 1.98. The van der Waals surface area contributed by atoms with Crippen LogP contribution in [0.25, 0.3) is 0 Å². The van der Waals surface area contributed by atoms with Crippen LogP contribution in [-0.2, 0) is 0 Å². The number of rotatable bonds is 7. The molecule has 0 aliphatic heterocycles. The highest BCUT2D eigenvalue weighted by atomic mass is 15.1. The summed E-state index contributed by atoms with van der Waals surface area (Å²) in [5.41, 5.74) is 3.24. The molecule has 0 bridgehead atoms. The van der Waals surface area contributed by atoms with Crippen molar-refractivity contribution < 1.29 is 0 Å². The molecule has 0 saturated heterocycles. The molecule has 0 fully saturated rings. The van der Waals surface area contributed by atoms with Gasteiger partial charge in [0, 0.05) is 19.0 Å². The Morgan fingerprint density at radius 2 is 1.87 bits per heavy atom. The topological polar surface area (TPSA) is 6.48 Å². The second-order valence-corrected chi connectivity index (χ2v) is 4.35. The summed E-state index contributed by atoms with van der Waals surface area (Å²) in [5, 5.41) is 0. The minimum absolute atomic E-state index is 0.524. The van der Waals surface area contributed by atoms with Crippen LogP contribution in [0, 0.1) is 5.92 Å². The van der Waals surface area contributed by atoms with E-state index in [1.165, 1.54) is 0 Å². The highest BCUT2D eigenvalue weighted by molar-refractivity contribution is 4.94. The quantitative estimate of drug-likeness (QED) is 0.466. The Hall–Kier alpha value is -0.820. The molecule has 0 spiro atoms. The van der Waals surface area contributed by atoms with Crippen LogP contribution >= 0.6 is 0 Å².